The molecule has 1 atom stereocenters. The van der Waals surface area contributed by atoms with Crippen molar-refractivity contribution in [3.8, 4) is 11.5 Å². The highest BCUT2D eigenvalue weighted by molar-refractivity contribution is 7.85. The molecule has 2 fully saturated rings. The Balaban J connectivity index is 1.31. The Labute approximate surface area is 196 Å². The van der Waals surface area contributed by atoms with E-state index in [0.717, 1.165) is 61.7 Å². The zero-order valence-electron chi connectivity index (χ0n) is 19.3. The first kappa shape index (κ1) is 24.0. The standard InChI is InChI=1S/C26H33FO5S/c1-30-22-12-13-26(27)24(15-22)19-8-6-18(7-9-19)16-31-23-5-3-4-21(14-23)25(20-10-11-20)17-32-33(2,28)29/h3-5,12-15,18-20,25H,6-11,16-17H2,1-2H3/t18-,19-,25?. The molecule has 0 amide bonds. The van der Waals surface area contributed by atoms with Gasteiger partial charge in [-0.2, -0.15) is 8.42 Å². The number of benzene rings is 2. The molecule has 1 unspecified atom stereocenters. The van der Waals surface area contributed by atoms with Crippen molar-refractivity contribution in [2.45, 2.75) is 50.4 Å². The van der Waals surface area contributed by atoms with E-state index in [1.165, 1.54) is 6.07 Å². The van der Waals surface area contributed by atoms with Crippen molar-refractivity contribution in [2.75, 3.05) is 26.6 Å². The lowest BCUT2D eigenvalue weighted by atomic mass is 9.79. The van der Waals surface area contributed by atoms with Gasteiger partial charge in [0, 0.05) is 5.92 Å². The third-order valence-electron chi connectivity index (χ3n) is 6.91. The van der Waals surface area contributed by atoms with Crippen LogP contribution < -0.4 is 9.47 Å². The second-order valence-electron chi connectivity index (χ2n) is 9.42. The summed E-state index contributed by atoms with van der Waals surface area (Å²) in [7, 11) is -1.86. The van der Waals surface area contributed by atoms with Gasteiger partial charge >= 0.3 is 0 Å². The number of ether oxygens (including phenoxy) is 2. The van der Waals surface area contributed by atoms with E-state index in [1.54, 1.807) is 13.2 Å². The van der Waals surface area contributed by atoms with Crippen LogP contribution in [0.5, 0.6) is 11.5 Å². The molecule has 33 heavy (non-hydrogen) atoms. The number of hydrogen-bond acceptors (Lipinski definition) is 5. The van der Waals surface area contributed by atoms with E-state index in [-0.39, 0.29) is 24.3 Å². The van der Waals surface area contributed by atoms with Gasteiger partial charge in [-0.1, -0.05) is 12.1 Å². The second kappa shape index (κ2) is 10.4. The summed E-state index contributed by atoms with van der Waals surface area (Å²) in [6.07, 6.45) is 7.14. The summed E-state index contributed by atoms with van der Waals surface area (Å²) in [5, 5.41) is 0. The molecule has 2 aliphatic rings. The van der Waals surface area contributed by atoms with Crippen LogP contribution in [-0.4, -0.2) is 35.0 Å². The molecule has 4 rings (SSSR count). The van der Waals surface area contributed by atoms with Crippen LogP contribution in [0.15, 0.2) is 42.5 Å². The molecule has 7 heteroatoms. The molecule has 2 aromatic rings. The Morgan fingerprint density at radius 2 is 1.76 bits per heavy atom. The fourth-order valence-electron chi connectivity index (χ4n) is 4.85. The molecule has 0 saturated heterocycles. The predicted molar refractivity (Wildman–Crippen MR) is 126 cm³/mol. The van der Waals surface area contributed by atoms with Crippen LogP contribution in [0, 0.1) is 17.7 Å². The normalized spacial score (nSPS) is 22.0. The van der Waals surface area contributed by atoms with Crippen molar-refractivity contribution in [1.82, 2.24) is 0 Å². The average molecular weight is 477 g/mol. The minimum atomic E-state index is -3.46. The minimum absolute atomic E-state index is 0.0662. The zero-order valence-corrected chi connectivity index (χ0v) is 20.2. The van der Waals surface area contributed by atoms with Crippen LogP contribution in [0.1, 0.15) is 61.5 Å². The fourth-order valence-corrected chi connectivity index (χ4v) is 5.24. The van der Waals surface area contributed by atoms with Crippen LogP contribution in [0.4, 0.5) is 4.39 Å². The molecule has 0 heterocycles. The summed E-state index contributed by atoms with van der Waals surface area (Å²) in [5.41, 5.74) is 1.82. The largest absolute Gasteiger partial charge is 0.497 e. The molecular formula is C26H33FO5S. The molecule has 2 aromatic carbocycles. The number of hydrogen-bond donors (Lipinski definition) is 0. The van der Waals surface area contributed by atoms with Crippen molar-refractivity contribution in [3.63, 3.8) is 0 Å². The van der Waals surface area contributed by atoms with Gasteiger partial charge in [0.2, 0.25) is 0 Å². The Bertz CT molecular complexity index is 1040. The summed E-state index contributed by atoms with van der Waals surface area (Å²) in [6, 6.07) is 12.9. The molecule has 0 aromatic heterocycles. The van der Waals surface area contributed by atoms with Crippen LogP contribution >= 0.6 is 0 Å². The smallest absolute Gasteiger partial charge is 0.264 e. The van der Waals surface area contributed by atoms with Crippen LogP contribution in [0.25, 0.3) is 0 Å². The van der Waals surface area contributed by atoms with E-state index in [0.29, 0.717) is 24.2 Å². The van der Waals surface area contributed by atoms with Gasteiger partial charge in [-0.05, 0) is 97.7 Å². The monoisotopic (exact) mass is 476 g/mol. The van der Waals surface area contributed by atoms with Gasteiger partial charge in [0.25, 0.3) is 10.1 Å². The number of rotatable bonds is 10. The number of methoxy groups -OCH3 is 1. The molecule has 0 aliphatic heterocycles. The van der Waals surface area contributed by atoms with E-state index in [9.17, 15) is 12.8 Å². The first-order chi connectivity index (χ1) is 15.8. The molecule has 0 spiro atoms. The van der Waals surface area contributed by atoms with Crippen molar-refractivity contribution in [2.24, 2.45) is 11.8 Å². The van der Waals surface area contributed by atoms with Crippen molar-refractivity contribution in [3.05, 3.63) is 59.4 Å². The molecule has 5 nitrogen and oxygen atoms in total. The van der Waals surface area contributed by atoms with Crippen molar-refractivity contribution >= 4 is 10.1 Å². The van der Waals surface area contributed by atoms with Crippen LogP contribution in [0.2, 0.25) is 0 Å². The van der Waals surface area contributed by atoms with Crippen LogP contribution in [0.3, 0.4) is 0 Å². The average Bonchev–Trinajstić information content (AvgIpc) is 3.63. The zero-order chi connectivity index (χ0) is 23.4. The topological polar surface area (TPSA) is 61.8 Å². The maximum atomic E-state index is 14.3. The predicted octanol–water partition coefficient (Wildman–Crippen LogP) is 5.66. The highest BCUT2D eigenvalue weighted by Gasteiger charge is 2.33. The Kier molecular flexibility index (Phi) is 7.59. The second-order valence-corrected chi connectivity index (χ2v) is 11.1. The third kappa shape index (κ3) is 6.70. The van der Waals surface area contributed by atoms with E-state index in [4.69, 9.17) is 13.7 Å². The lowest BCUT2D eigenvalue weighted by Gasteiger charge is -2.29. The lowest BCUT2D eigenvalue weighted by Crippen LogP contribution is -2.20. The quantitative estimate of drug-likeness (QED) is 0.414. The van der Waals surface area contributed by atoms with E-state index >= 15 is 0 Å². The molecule has 0 radical (unpaired) electrons. The Morgan fingerprint density at radius 1 is 1.00 bits per heavy atom. The number of halogens is 1. The maximum Gasteiger partial charge on any atom is 0.264 e. The van der Waals surface area contributed by atoms with Gasteiger partial charge in [0.1, 0.15) is 17.3 Å². The van der Waals surface area contributed by atoms with Crippen LogP contribution in [-0.2, 0) is 14.3 Å². The van der Waals surface area contributed by atoms with Gasteiger partial charge in [0.05, 0.1) is 26.6 Å². The molecule has 2 saturated carbocycles. The van der Waals surface area contributed by atoms with Gasteiger partial charge in [-0.25, -0.2) is 4.39 Å². The summed E-state index contributed by atoms with van der Waals surface area (Å²) in [4.78, 5) is 0. The van der Waals surface area contributed by atoms with Crippen molar-refractivity contribution < 1.29 is 26.5 Å². The summed E-state index contributed by atoms with van der Waals surface area (Å²) < 4.78 is 53.7. The van der Waals surface area contributed by atoms with E-state index in [2.05, 4.69) is 0 Å². The Hall–Kier alpha value is -2.12. The van der Waals surface area contributed by atoms with Gasteiger partial charge < -0.3 is 9.47 Å². The van der Waals surface area contributed by atoms with Gasteiger partial charge in [-0.15, -0.1) is 0 Å². The van der Waals surface area contributed by atoms with Gasteiger partial charge in [0.15, 0.2) is 0 Å². The highest BCUT2D eigenvalue weighted by Crippen LogP contribution is 2.44. The highest BCUT2D eigenvalue weighted by atomic mass is 32.2. The van der Waals surface area contributed by atoms with Gasteiger partial charge in [-0.3, -0.25) is 4.18 Å². The van der Waals surface area contributed by atoms with E-state index in [1.807, 2.05) is 30.3 Å². The first-order valence-electron chi connectivity index (χ1n) is 11.7. The summed E-state index contributed by atoms with van der Waals surface area (Å²) >= 11 is 0. The minimum Gasteiger partial charge on any atom is -0.497 e. The first-order valence-corrected chi connectivity index (χ1v) is 13.5. The van der Waals surface area contributed by atoms with Crippen molar-refractivity contribution in [1.29, 1.82) is 0 Å². The third-order valence-corrected chi connectivity index (χ3v) is 7.48. The fraction of sp³-hybridized carbons (Fsp3) is 0.538. The summed E-state index contributed by atoms with van der Waals surface area (Å²) in [6.45, 7) is 0.808. The Morgan fingerprint density at radius 3 is 2.42 bits per heavy atom. The molecule has 2 aliphatic carbocycles. The molecule has 0 N–H and O–H groups in total. The lowest BCUT2D eigenvalue weighted by molar-refractivity contribution is 0.198. The SMILES string of the molecule is COc1ccc(F)c([C@H]2CC[C@H](COc3cccc(C(COS(C)(=O)=O)C4CC4)c3)CC2)c1. The van der Waals surface area contributed by atoms with E-state index < -0.39 is 10.1 Å². The molecular weight excluding hydrogens is 443 g/mol. The summed E-state index contributed by atoms with van der Waals surface area (Å²) in [5.74, 6) is 2.53. The molecule has 180 valence electrons. The maximum absolute atomic E-state index is 14.3. The molecule has 0 bridgehead atoms.